The molecule has 0 saturated heterocycles. The maximum Gasteiger partial charge on any atom is 0.139 e. The van der Waals surface area contributed by atoms with Gasteiger partial charge in [-0.25, -0.2) is 13.2 Å². The van der Waals surface area contributed by atoms with Crippen LogP contribution < -0.4 is 0 Å². The number of fused-ring (bicyclic) bond motifs is 1. The summed E-state index contributed by atoms with van der Waals surface area (Å²) in [6.45, 7) is 0.309. The first-order valence-corrected chi connectivity index (χ1v) is 9.32. The first-order chi connectivity index (χ1) is 14.5. The van der Waals surface area contributed by atoms with Crippen LogP contribution in [-0.2, 0) is 11.3 Å². The summed E-state index contributed by atoms with van der Waals surface area (Å²) in [5, 5.41) is 1.63. The average Bonchev–Trinajstić information content (AvgIpc) is 2.73. The number of rotatable bonds is 3. The lowest BCUT2D eigenvalue weighted by molar-refractivity contribution is 0.184. The van der Waals surface area contributed by atoms with E-state index in [9.17, 15) is 13.2 Å². The largest absolute Gasteiger partial charge is 0.380 e. The van der Waals surface area contributed by atoms with Crippen molar-refractivity contribution in [3.05, 3.63) is 107 Å². The SMILES string of the molecule is COCc1ccc(-c2ccc(C#Cc3ccc4cc(F)ccc4c3)c(F)c2)c(F)c1. The smallest absolute Gasteiger partial charge is 0.139 e. The molecule has 1 nitrogen and oxygen atoms in total. The van der Waals surface area contributed by atoms with Gasteiger partial charge < -0.3 is 4.74 Å². The molecule has 0 atom stereocenters. The molecule has 0 aliphatic carbocycles. The number of hydrogen-bond donors (Lipinski definition) is 0. The van der Waals surface area contributed by atoms with E-state index in [1.165, 1.54) is 30.3 Å². The predicted molar refractivity (Wildman–Crippen MR) is 112 cm³/mol. The van der Waals surface area contributed by atoms with Gasteiger partial charge in [0, 0.05) is 18.2 Å². The molecule has 4 aromatic rings. The lowest BCUT2D eigenvalue weighted by Crippen LogP contribution is -1.92. The van der Waals surface area contributed by atoms with Crippen LogP contribution in [-0.4, -0.2) is 7.11 Å². The topological polar surface area (TPSA) is 9.23 Å². The fourth-order valence-electron chi connectivity index (χ4n) is 3.27. The molecule has 0 N–H and O–H groups in total. The molecule has 4 rings (SSSR count). The van der Waals surface area contributed by atoms with E-state index >= 15 is 0 Å². The van der Waals surface area contributed by atoms with Crippen LogP contribution in [0.25, 0.3) is 21.9 Å². The molecule has 4 heteroatoms. The zero-order valence-electron chi connectivity index (χ0n) is 16.2. The first kappa shape index (κ1) is 19.8. The van der Waals surface area contributed by atoms with Crippen LogP contribution in [0.4, 0.5) is 13.2 Å². The molecule has 0 aliphatic rings. The fourth-order valence-corrected chi connectivity index (χ4v) is 3.27. The van der Waals surface area contributed by atoms with Crippen molar-refractivity contribution in [2.24, 2.45) is 0 Å². The van der Waals surface area contributed by atoms with Crippen LogP contribution in [0.2, 0.25) is 0 Å². The summed E-state index contributed by atoms with van der Waals surface area (Å²) in [5.74, 6) is 4.49. The van der Waals surface area contributed by atoms with E-state index in [1.54, 1.807) is 43.5 Å². The van der Waals surface area contributed by atoms with E-state index in [-0.39, 0.29) is 11.4 Å². The average molecular weight is 402 g/mol. The third-order valence-corrected chi connectivity index (χ3v) is 4.77. The third kappa shape index (κ3) is 4.22. The molecule has 30 heavy (non-hydrogen) atoms. The summed E-state index contributed by atoms with van der Waals surface area (Å²) >= 11 is 0. The standard InChI is InChI=1S/C26H17F3O/c1-30-16-18-4-11-24(26(29)13-18)22-8-7-19(25(28)15-22)5-2-17-3-6-21-14-23(27)10-9-20(21)12-17/h3-4,6-15H,16H2,1H3. The minimum atomic E-state index is -0.525. The normalized spacial score (nSPS) is 10.7. The van der Waals surface area contributed by atoms with Crippen LogP contribution in [0, 0.1) is 29.3 Å². The van der Waals surface area contributed by atoms with Gasteiger partial charge in [0.05, 0.1) is 12.2 Å². The van der Waals surface area contributed by atoms with Gasteiger partial charge in [0.2, 0.25) is 0 Å². The van der Waals surface area contributed by atoms with Crippen molar-refractivity contribution < 1.29 is 17.9 Å². The highest BCUT2D eigenvalue weighted by Crippen LogP contribution is 2.26. The molecule has 0 fully saturated rings. The Balaban J connectivity index is 1.61. The Labute approximate surface area is 172 Å². The first-order valence-electron chi connectivity index (χ1n) is 9.32. The Bertz CT molecular complexity index is 1300. The van der Waals surface area contributed by atoms with Crippen molar-refractivity contribution in [2.75, 3.05) is 7.11 Å². The Morgan fingerprint density at radius 1 is 0.733 bits per heavy atom. The molecule has 4 aromatic carbocycles. The van der Waals surface area contributed by atoms with Crippen molar-refractivity contribution in [2.45, 2.75) is 6.61 Å². The molecular weight excluding hydrogens is 385 g/mol. The molecule has 0 aromatic heterocycles. The number of hydrogen-bond acceptors (Lipinski definition) is 1. The molecular formula is C26H17F3O. The molecule has 0 radical (unpaired) electrons. The van der Waals surface area contributed by atoms with Crippen LogP contribution in [0.3, 0.4) is 0 Å². The quantitative estimate of drug-likeness (QED) is 0.357. The summed E-state index contributed by atoms with van der Waals surface area (Å²) in [5.41, 5.74) is 2.37. The van der Waals surface area contributed by atoms with E-state index in [0.717, 1.165) is 10.8 Å². The summed E-state index contributed by atoms with van der Waals surface area (Å²) in [4.78, 5) is 0. The molecule has 0 saturated carbocycles. The van der Waals surface area contributed by atoms with Gasteiger partial charge >= 0.3 is 0 Å². The zero-order chi connectivity index (χ0) is 21.1. The minimum absolute atomic E-state index is 0.217. The van der Waals surface area contributed by atoms with E-state index < -0.39 is 11.6 Å². The molecule has 0 amide bonds. The van der Waals surface area contributed by atoms with Crippen molar-refractivity contribution in [3.63, 3.8) is 0 Å². The summed E-state index contributed by atoms with van der Waals surface area (Å²) in [6.07, 6.45) is 0. The Hall–Kier alpha value is -3.55. The van der Waals surface area contributed by atoms with Crippen molar-refractivity contribution in [1.82, 2.24) is 0 Å². The molecule has 0 aliphatic heterocycles. The van der Waals surface area contributed by atoms with Crippen LogP contribution >= 0.6 is 0 Å². The molecule has 0 spiro atoms. The minimum Gasteiger partial charge on any atom is -0.380 e. The molecule has 0 heterocycles. The number of methoxy groups -OCH3 is 1. The van der Waals surface area contributed by atoms with E-state index in [1.807, 2.05) is 6.07 Å². The van der Waals surface area contributed by atoms with Crippen molar-refractivity contribution in [1.29, 1.82) is 0 Å². The van der Waals surface area contributed by atoms with Crippen molar-refractivity contribution >= 4 is 10.8 Å². The highest BCUT2D eigenvalue weighted by Gasteiger charge is 2.09. The van der Waals surface area contributed by atoms with Crippen LogP contribution in [0.1, 0.15) is 16.7 Å². The maximum atomic E-state index is 14.6. The Kier molecular flexibility index (Phi) is 5.56. The lowest BCUT2D eigenvalue weighted by Gasteiger charge is -2.07. The molecule has 148 valence electrons. The second-order valence-electron chi connectivity index (χ2n) is 6.90. The fraction of sp³-hybridized carbons (Fsp3) is 0.0769. The monoisotopic (exact) mass is 402 g/mol. The number of benzene rings is 4. The molecule has 0 bridgehead atoms. The van der Waals surface area contributed by atoms with E-state index in [4.69, 9.17) is 4.74 Å². The maximum absolute atomic E-state index is 14.6. The Morgan fingerprint density at radius 2 is 1.53 bits per heavy atom. The highest BCUT2D eigenvalue weighted by molar-refractivity contribution is 5.84. The van der Waals surface area contributed by atoms with Gasteiger partial charge in [-0.1, -0.05) is 42.2 Å². The van der Waals surface area contributed by atoms with Crippen LogP contribution in [0.15, 0.2) is 72.8 Å². The van der Waals surface area contributed by atoms with E-state index in [2.05, 4.69) is 11.8 Å². The Morgan fingerprint density at radius 3 is 2.30 bits per heavy atom. The second-order valence-corrected chi connectivity index (χ2v) is 6.90. The van der Waals surface area contributed by atoms with Crippen molar-refractivity contribution in [3.8, 4) is 23.0 Å². The van der Waals surface area contributed by atoms with Gasteiger partial charge in [0.25, 0.3) is 0 Å². The van der Waals surface area contributed by atoms with Gasteiger partial charge in [0.15, 0.2) is 0 Å². The van der Waals surface area contributed by atoms with Gasteiger partial charge in [-0.15, -0.1) is 0 Å². The van der Waals surface area contributed by atoms with Gasteiger partial charge in [-0.3, -0.25) is 0 Å². The summed E-state index contributed by atoms with van der Waals surface area (Å²) < 4.78 is 47.2. The van der Waals surface area contributed by atoms with Gasteiger partial charge in [0.1, 0.15) is 17.5 Å². The highest BCUT2D eigenvalue weighted by atomic mass is 19.1. The number of halogens is 3. The predicted octanol–water partition coefficient (Wildman–Crippen LogP) is 6.47. The third-order valence-electron chi connectivity index (χ3n) is 4.77. The summed E-state index contributed by atoms with van der Waals surface area (Å²) in [7, 11) is 1.54. The lowest BCUT2D eigenvalue weighted by atomic mass is 10.0. The van der Waals surface area contributed by atoms with Crippen LogP contribution in [0.5, 0.6) is 0 Å². The second kappa shape index (κ2) is 8.44. The summed E-state index contributed by atoms with van der Waals surface area (Å²) in [6, 6.07) is 19.1. The zero-order valence-corrected chi connectivity index (χ0v) is 16.2. The number of ether oxygens (including phenoxy) is 1. The van der Waals surface area contributed by atoms with Gasteiger partial charge in [-0.05, 0) is 64.4 Å². The molecule has 0 unspecified atom stereocenters. The van der Waals surface area contributed by atoms with E-state index in [0.29, 0.717) is 28.9 Å². The van der Waals surface area contributed by atoms with Gasteiger partial charge in [-0.2, -0.15) is 0 Å².